The first-order chi connectivity index (χ1) is 8.73. The molecule has 0 aromatic carbocycles. The quantitative estimate of drug-likeness (QED) is 0.844. The second-order valence-corrected chi connectivity index (χ2v) is 5.37. The Kier molecular flexibility index (Phi) is 4.46. The van der Waals surface area contributed by atoms with E-state index >= 15 is 0 Å². The number of nitrogens with two attached hydrogens (primary N) is 1. The minimum atomic E-state index is 0.172. The van der Waals surface area contributed by atoms with E-state index in [4.69, 9.17) is 10.2 Å². The molecule has 1 aromatic heterocycles. The zero-order valence-electron chi connectivity index (χ0n) is 11.7. The molecule has 102 valence electrons. The topological polar surface area (TPSA) is 42.4 Å². The van der Waals surface area contributed by atoms with Gasteiger partial charge in [-0.3, -0.25) is 4.90 Å². The molecule has 1 aliphatic carbocycles. The summed E-state index contributed by atoms with van der Waals surface area (Å²) in [5, 5.41) is 0. The third kappa shape index (κ3) is 2.47. The van der Waals surface area contributed by atoms with E-state index < -0.39 is 0 Å². The molecule has 0 radical (unpaired) electrons. The van der Waals surface area contributed by atoms with Gasteiger partial charge in [-0.25, -0.2) is 0 Å². The minimum Gasteiger partial charge on any atom is -0.469 e. The van der Waals surface area contributed by atoms with Gasteiger partial charge in [0.1, 0.15) is 5.76 Å². The molecule has 2 N–H and O–H groups in total. The predicted molar refractivity (Wildman–Crippen MR) is 74.5 cm³/mol. The summed E-state index contributed by atoms with van der Waals surface area (Å²) in [7, 11) is 0. The number of nitrogens with zero attached hydrogens (tertiary/aromatic N) is 1. The molecule has 0 bridgehead atoms. The lowest BCUT2D eigenvalue weighted by atomic mass is 9.84. The van der Waals surface area contributed by atoms with Crippen molar-refractivity contribution in [3.63, 3.8) is 0 Å². The van der Waals surface area contributed by atoms with Crippen LogP contribution in [-0.2, 0) is 6.42 Å². The van der Waals surface area contributed by atoms with E-state index in [2.05, 4.69) is 18.7 Å². The van der Waals surface area contributed by atoms with Crippen molar-refractivity contribution in [1.29, 1.82) is 0 Å². The monoisotopic (exact) mass is 250 g/mol. The van der Waals surface area contributed by atoms with Crippen LogP contribution in [-0.4, -0.2) is 29.6 Å². The maximum atomic E-state index is 6.56. The Balaban J connectivity index is 2.13. The molecule has 1 aromatic rings. The Hall–Kier alpha value is -0.800. The molecule has 2 rings (SSSR count). The molecule has 3 nitrogen and oxygen atoms in total. The highest BCUT2D eigenvalue weighted by atomic mass is 16.3. The molecule has 1 heterocycles. The lowest BCUT2D eigenvalue weighted by Crippen LogP contribution is -2.59. The first-order valence-corrected chi connectivity index (χ1v) is 7.26. The summed E-state index contributed by atoms with van der Waals surface area (Å²) < 4.78 is 5.46. The zero-order valence-corrected chi connectivity index (χ0v) is 11.7. The second kappa shape index (κ2) is 5.89. The van der Waals surface area contributed by atoms with E-state index in [0.29, 0.717) is 0 Å². The van der Waals surface area contributed by atoms with Gasteiger partial charge in [-0.05, 0) is 38.1 Å². The van der Waals surface area contributed by atoms with Crippen LogP contribution in [0.1, 0.15) is 45.3 Å². The Morgan fingerprint density at radius 1 is 1.33 bits per heavy atom. The summed E-state index contributed by atoms with van der Waals surface area (Å²) in [6.07, 6.45) is 7.67. The number of rotatable bonds is 6. The van der Waals surface area contributed by atoms with Crippen molar-refractivity contribution in [3.05, 3.63) is 24.2 Å². The molecule has 1 saturated carbocycles. The molecule has 3 heteroatoms. The number of hydrogen-bond donors (Lipinski definition) is 1. The van der Waals surface area contributed by atoms with Crippen LogP contribution in [0, 0.1) is 0 Å². The van der Waals surface area contributed by atoms with Gasteiger partial charge >= 0.3 is 0 Å². The first-order valence-electron chi connectivity index (χ1n) is 7.26. The van der Waals surface area contributed by atoms with Crippen LogP contribution in [0.3, 0.4) is 0 Å². The van der Waals surface area contributed by atoms with E-state index in [1.807, 2.05) is 12.1 Å². The van der Waals surface area contributed by atoms with Gasteiger partial charge in [-0.2, -0.15) is 0 Å². The van der Waals surface area contributed by atoms with E-state index in [0.717, 1.165) is 25.3 Å². The predicted octanol–water partition coefficient (Wildman–Crippen LogP) is 2.80. The molecule has 1 aliphatic rings. The average molecular weight is 250 g/mol. The third-order valence-corrected chi connectivity index (χ3v) is 4.55. The number of hydrogen-bond acceptors (Lipinski definition) is 3. The Bertz CT molecular complexity index is 337. The average Bonchev–Trinajstić information content (AvgIpc) is 3.02. The van der Waals surface area contributed by atoms with Crippen LogP contribution in [0.15, 0.2) is 22.8 Å². The summed E-state index contributed by atoms with van der Waals surface area (Å²) in [6.45, 7) is 6.65. The van der Waals surface area contributed by atoms with Gasteiger partial charge in [0.05, 0.1) is 6.26 Å². The standard InChI is InChI=1S/C15H26N2O/c1-3-17(4-2)15(9-5-6-10-15)14(16)12-13-8-7-11-18-13/h7-8,11,14H,3-6,9-10,12,16H2,1-2H3. The van der Waals surface area contributed by atoms with Crippen molar-refractivity contribution < 1.29 is 4.42 Å². The van der Waals surface area contributed by atoms with Gasteiger partial charge in [-0.1, -0.05) is 26.7 Å². The van der Waals surface area contributed by atoms with Crippen LogP contribution in [0.2, 0.25) is 0 Å². The summed E-state index contributed by atoms with van der Waals surface area (Å²) in [5.41, 5.74) is 6.75. The van der Waals surface area contributed by atoms with Crippen molar-refractivity contribution in [1.82, 2.24) is 4.90 Å². The Morgan fingerprint density at radius 3 is 2.50 bits per heavy atom. The molecule has 0 amide bonds. The van der Waals surface area contributed by atoms with E-state index in [1.165, 1.54) is 25.7 Å². The molecule has 1 atom stereocenters. The zero-order chi connectivity index (χ0) is 13.0. The maximum Gasteiger partial charge on any atom is 0.105 e. The highest BCUT2D eigenvalue weighted by Gasteiger charge is 2.43. The van der Waals surface area contributed by atoms with Crippen molar-refractivity contribution in [2.75, 3.05) is 13.1 Å². The van der Waals surface area contributed by atoms with E-state index in [9.17, 15) is 0 Å². The molecule has 0 spiro atoms. The van der Waals surface area contributed by atoms with Crippen LogP contribution >= 0.6 is 0 Å². The summed E-state index contributed by atoms with van der Waals surface area (Å²) >= 11 is 0. The fraction of sp³-hybridized carbons (Fsp3) is 0.733. The van der Waals surface area contributed by atoms with Crippen molar-refractivity contribution in [2.24, 2.45) is 5.73 Å². The van der Waals surface area contributed by atoms with Crippen LogP contribution in [0.4, 0.5) is 0 Å². The lowest BCUT2D eigenvalue weighted by Gasteiger charge is -2.44. The largest absolute Gasteiger partial charge is 0.469 e. The highest BCUT2D eigenvalue weighted by molar-refractivity contribution is 5.08. The molecule has 0 aliphatic heterocycles. The van der Waals surface area contributed by atoms with Crippen LogP contribution in [0.5, 0.6) is 0 Å². The van der Waals surface area contributed by atoms with E-state index in [-0.39, 0.29) is 11.6 Å². The summed E-state index contributed by atoms with van der Waals surface area (Å²) in [6, 6.07) is 4.15. The molecule has 0 saturated heterocycles. The van der Waals surface area contributed by atoms with E-state index in [1.54, 1.807) is 6.26 Å². The molecule has 1 unspecified atom stereocenters. The number of furan rings is 1. The van der Waals surface area contributed by atoms with Crippen LogP contribution in [0.25, 0.3) is 0 Å². The van der Waals surface area contributed by atoms with Crippen molar-refractivity contribution in [3.8, 4) is 0 Å². The molecule has 1 fully saturated rings. The van der Waals surface area contributed by atoms with Gasteiger partial charge < -0.3 is 10.2 Å². The van der Waals surface area contributed by atoms with Gasteiger partial charge in [0, 0.05) is 18.0 Å². The summed E-state index contributed by atoms with van der Waals surface area (Å²) in [4.78, 5) is 2.56. The van der Waals surface area contributed by atoms with Crippen LogP contribution < -0.4 is 5.73 Å². The van der Waals surface area contributed by atoms with Gasteiger partial charge in [0.25, 0.3) is 0 Å². The van der Waals surface area contributed by atoms with Gasteiger partial charge in [0.15, 0.2) is 0 Å². The minimum absolute atomic E-state index is 0.172. The molecular formula is C15H26N2O. The van der Waals surface area contributed by atoms with Gasteiger partial charge in [-0.15, -0.1) is 0 Å². The van der Waals surface area contributed by atoms with Crippen molar-refractivity contribution >= 4 is 0 Å². The van der Waals surface area contributed by atoms with Crippen molar-refractivity contribution in [2.45, 2.75) is 57.5 Å². The Morgan fingerprint density at radius 2 is 2.00 bits per heavy atom. The first kappa shape index (κ1) is 13.6. The maximum absolute atomic E-state index is 6.56. The second-order valence-electron chi connectivity index (χ2n) is 5.37. The number of likely N-dealkylation sites (N-methyl/N-ethyl adjacent to an activating group) is 1. The Labute approximate surface area is 110 Å². The fourth-order valence-corrected chi connectivity index (χ4v) is 3.60. The van der Waals surface area contributed by atoms with Gasteiger partial charge in [0.2, 0.25) is 0 Å². The lowest BCUT2D eigenvalue weighted by molar-refractivity contribution is 0.0754. The smallest absolute Gasteiger partial charge is 0.105 e. The highest BCUT2D eigenvalue weighted by Crippen LogP contribution is 2.38. The fourth-order valence-electron chi connectivity index (χ4n) is 3.60. The normalized spacial score (nSPS) is 20.4. The molecule has 18 heavy (non-hydrogen) atoms. The third-order valence-electron chi connectivity index (χ3n) is 4.55. The summed E-state index contributed by atoms with van der Waals surface area (Å²) in [5.74, 6) is 1.01. The SMILES string of the molecule is CCN(CC)C1(C(N)Cc2ccco2)CCCC1. The molecular weight excluding hydrogens is 224 g/mol.